The average molecular weight is 1600 g/mol. The summed E-state index contributed by atoms with van der Waals surface area (Å²) in [7, 11) is 0. The second kappa shape index (κ2) is 45.7. The molecule has 9 amide bonds. The van der Waals surface area contributed by atoms with Crippen molar-refractivity contribution in [3.63, 3.8) is 0 Å². The summed E-state index contributed by atoms with van der Waals surface area (Å²) in [6.07, 6.45) is 6.06. The lowest BCUT2D eigenvalue weighted by Gasteiger charge is -2.29. The highest BCUT2D eigenvalue weighted by Crippen LogP contribution is 2.24. The van der Waals surface area contributed by atoms with Crippen LogP contribution < -0.4 is 98.2 Å². The molecule has 0 aliphatic carbocycles. The molecule has 35 nitrogen and oxygen atoms in total. The first-order valence-electron chi connectivity index (χ1n) is 39.0. The minimum Gasteiger partial charge on any atom is -0.480 e. The highest BCUT2D eigenvalue weighted by Gasteiger charge is 2.37. The van der Waals surface area contributed by atoms with E-state index in [1.54, 1.807) is 104 Å². The molecule has 116 heavy (non-hydrogen) atoms. The summed E-state index contributed by atoms with van der Waals surface area (Å²) in [6.45, 7) is 0.636. The largest absolute Gasteiger partial charge is 0.480 e. The molecule has 8 aromatic rings. The highest BCUT2D eigenvalue weighted by atomic mass is 16.4. The third kappa shape index (κ3) is 28.0. The van der Waals surface area contributed by atoms with Gasteiger partial charge in [-0.15, -0.1) is 0 Å². The van der Waals surface area contributed by atoms with Crippen molar-refractivity contribution in [2.24, 2.45) is 34.4 Å². The first-order chi connectivity index (χ1) is 55.9. The number of guanidine groups is 3. The second-order valence-corrected chi connectivity index (χ2v) is 28.6. The zero-order valence-corrected chi connectivity index (χ0v) is 64.8. The van der Waals surface area contributed by atoms with Crippen molar-refractivity contribution in [1.29, 1.82) is 16.2 Å². The molecule has 0 fully saturated rings. The number of hydrogen-bond acceptors (Lipinski definition) is 16. The fraction of sp³-hybridized carbons (Fsp3) is 0.395. The molecule has 35 heteroatoms. The van der Waals surface area contributed by atoms with Crippen molar-refractivity contribution in [2.75, 3.05) is 32.7 Å². The molecule has 5 aromatic carbocycles. The van der Waals surface area contributed by atoms with Crippen LogP contribution in [0, 0.1) is 16.2 Å². The van der Waals surface area contributed by atoms with E-state index in [0.29, 0.717) is 69.9 Å². The molecular weight excluding hydrogens is 1490 g/mol. The van der Waals surface area contributed by atoms with E-state index in [1.165, 1.54) is 0 Å². The lowest BCUT2D eigenvalue weighted by atomic mass is 10.0. The van der Waals surface area contributed by atoms with Crippen molar-refractivity contribution in [1.82, 2.24) is 78.8 Å². The summed E-state index contributed by atoms with van der Waals surface area (Å²) in [5, 5.41) is 69.1. The number of amides is 9. The van der Waals surface area contributed by atoms with Crippen LogP contribution in [0.3, 0.4) is 0 Å². The summed E-state index contributed by atoms with van der Waals surface area (Å²) in [4.78, 5) is 157. The summed E-state index contributed by atoms with van der Waals surface area (Å²) in [5.41, 5.74) is 40.6. The van der Waals surface area contributed by atoms with Gasteiger partial charge in [-0.3, -0.25) is 59.4 Å². The van der Waals surface area contributed by atoms with Gasteiger partial charge in [0, 0.05) is 96.6 Å². The van der Waals surface area contributed by atoms with Gasteiger partial charge in [-0.2, -0.15) is 0 Å². The molecule has 620 valence electrons. The van der Waals surface area contributed by atoms with Crippen LogP contribution >= 0.6 is 0 Å². The van der Waals surface area contributed by atoms with E-state index in [4.69, 9.17) is 50.6 Å². The third-order valence-corrected chi connectivity index (χ3v) is 19.7. The molecule has 0 bridgehead atoms. The van der Waals surface area contributed by atoms with Gasteiger partial charge in [-0.25, -0.2) is 4.79 Å². The fourth-order valence-corrected chi connectivity index (χ4v) is 13.6. The van der Waals surface area contributed by atoms with Gasteiger partial charge in [-0.1, -0.05) is 115 Å². The van der Waals surface area contributed by atoms with Gasteiger partial charge in [0.1, 0.15) is 54.4 Å². The second-order valence-electron chi connectivity index (χ2n) is 28.6. The van der Waals surface area contributed by atoms with Gasteiger partial charge >= 0.3 is 5.97 Å². The molecule has 0 saturated heterocycles. The number of nitrogens with two attached hydrogens (primary N) is 6. The molecule has 0 aliphatic rings. The number of carbonyl (C=O) groups is 10. The highest BCUT2D eigenvalue weighted by molar-refractivity contribution is 6.00. The van der Waals surface area contributed by atoms with E-state index in [-0.39, 0.29) is 134 Å². The van der Waals surface area contributed by atoms with Crippen molar-refractivity contribution >= 4 is 110 Å². The lowest BCUT2D eigenvalue weighted by Crippen LogP contribution is -2.61. The maximum absolute atomic E-state index is 15.5. The molecule has 3 aromatic heterocycles. The van der Waals surface area contributed by atoms with E-state index in [0.717, 1.165) is 16.5 Å². The third-order valence-electron chi connectivity index (χ3n) is 19.7. The number of carboxylic acids is 1. The number of benzene rings is 5. The molecule has 0 radical (unpaired) electrons. The quantitative estimate of drug-likeness (QED) is 0.0140. The van der Waals surface area contributed by atoms with Crippen molar-refractivity contribution < 1.29 is 53.1 Å². The fourth-order valence-electron chi connectivity index (χ4n) is 13.6. The van der Waals surface area contributed by atoms with Crippen LogP contribution in [-0.2, 0) is 80.0 Å². The number of aromatic amines is 3. The number of fused-ring (bicyclic) bond motifs is 3. The van der Waals surface area contributed by atoms with Gasteiger partial charge < -0.3 is 118 Å². The van der Waals surface area contributed by atoms with Gasteiger partial charge in [0.2, 0.25) is 53.2 Å². The van der Waals surface area contributed by atoms with E-state index < -0.39 is 120 Å². The average Bonchev–Trinajstić information content (AvgIpc) is 1.68. The Morgan fingerprint density at radius 1 is 0.319 bits per heavy atom. The molecule has 10 atom stereocenters. The monoisotopic (exact) mass is 1590 g/mol. The number of carboxylic acid groups (broad SMARTS) is 1. The molecule has 3 heterocycles. The summed E-state index contributed by atoms with van der Waals surface area (Å²) in [5.74, 6) is -9.94. The number of hydrogen-bond donors (Lipinski definition) is 25. The first-order valence-corrected chi connectivity index (χ1v) is 39.0. The van der Waals surface area contributed by atoms with E-state index in [2.05, 4.69) is 78.8 Å². The van der Waals surface area contributed by atoms with Crippen LogP contribution in [0.4, 0.5) is 0 Å². The molecular formula is C81H110N24O11. The van der Waals surface area contributed by atoms with Crippen LogP contribution in [0.1, 0.15) is 105 Å². The standard InChI is InChI=1S/C81H110N24O11/c82-35-15-13-30-60(70(107)97-62(33-18-38-92-80(87)88)73(110)105-68(44-52-47-96-59-29-12-9-26-55(52)59)77(114)103-66(41-49-22-5-2-6-23-49)75(112)101-64(78(115)116)31-14-16-36-83)99-76(113)67(43-51-46-95-58-28-11-8-25-54(51)58)104-72(109)63(34-19-39-93-81(89)90)98-71(108)61(32-17-37-91-79(85)86)100-74(111)65(40-48-20-3-1-4-21-48)102-69(106)56(84)42-50-45-94-57-27-10-7-24-53(50)57/h1-12,20-29,45-47,56,60-68,94-96H,13-19,30-44,82-84H2,(H,97,107)(H,98,108)(H,99,113)(H,100,111)(H,101,112)(H,102,106)(H,103,114)(H,104,109)(H,105,110)(H,115,116)(H4,85,86,91)(H4,87,88,92)(H4,89,90,93)/t56-,60-,61-,62-,63-,64-,65-,66-,67-,68-/m0/s1. The Kier molecular flexibility index (Phi) is 34.9. The van der Waals surface area contributed by atoms with E-state index >= 15 is 28.8 Å². The number of aromatic nitrogens is 3. The Morgan fingerprint density at radius 3 is 0.897 bits per heavy atom. The minimum absolute atomic E-state index is 0.0379. The predicted octanol–water partition coefficient (Wildman–Crippen LogP) is 0.467. The Labute approximate surface area is 671 Å². The molecule has 8 rings (SSSR count). The smallest absolute Gasteiger partial charge is 0.326 e. The number of aliphatic carboxylic acids is 1. The SMILES string of the molecule is N=C(N)NCCC[C@H](NC(=O)[C@H](CCCCN)NC(=O)[C@H](Cc1c[nH]c2ccccc12)NC(=O)[C@H](CCCNC(=N)N)NC(=O)[C@H](CCCNC(=N)N)NC(=O)[C@H](Cc1ccccc1)NC(=O)[C@@H](N)Cc1c[nH]c2ccccc12)C(=O)N[C@@H](Cc1c[nH]c2ccccc12)C(=O)N[C@@H](Cc1ccccc1)C(=O)N[C@@H](CCCCN)C(=O)O. The molecule has 0 unspecified atom stereocenters. The summed E-state index contributed by atoms with van der Waals surface area (Å²) >= 11 is 0. The zero-order valence-electron chi connectivity index (χ0n) is 64.8. The van der Waals surface area contributed by atoms with Crippen LogP contribution in [-0.4, -0.2) is 190 Å². The lowest BCUT2D eigenvalue weighted by molar-refractivity contribution is -0.142. The van der Waals surface area contributed by atoms with Gasteiger partial charge in [0.05, 0.1) is 6.04 Å². The number of unbranched alkanes of at least 4 members (excludes halogenated alkanes) is 2. The Balaban J connectivity index is 1.08. The predicted molar refractivity (Wildman–Crippen MR) is 443 cm³/mol. The number of carbonyl (C=O) groups excluding carboxylic acids is 9. The summed E-state index contributed by atoms with van der Waals surface area (Å²) in [6, 6.07) is 25.4. The van der Waals surface area contributed by atoms with Crippen LogP contribution in [0.2, 0.25) is 0 Å². The van der Waals surface area contributed by atoms with E-state index in [1.807, 2.05) is 48.5 Å². The van der Waals surface area contributed by atoms with Crippen LogP contribution in [0.5, 0.6) is 0 Å². The van der Waals surface area contributed by atoms with Gasteiger partial charge in [0.15, 0.2) is 17.9 Å². The molecule has 31 N–H and O–H groups in total. The number of nitrogens with one attached hydrogen (secondary N) is 18. The van der Waals surface area contributed by atoms with Gasteiger partial charge in [-0.05, 0) is 143 Å². The molecule has 0 saturated carbocycles. The molecule has 0 aliphatic heterocycles. The Morgan fingerprint density at radius 2 is 0.578 bits per heavy atom. The van der Waals surface area contributed by atoms with Gasteiger partial charge in [0.25, 0.3) is 0 Å². The Bertz CT molecular complexity index is 4630. The zero-order chi connectivity index (χ0) is 83.5. The maximum atomic E-state index is 15.5. The van der Waals surface area contributed by atoms with Crippen LogP contribution in [0.25, 0.3) is 32.7 Å². The van der Waals surface area contributed by atoms with Crippen LogP contribution in [0.15, 0.2) is 152 Å². The number of para-hydroxylation sites is 3. The number of rotatable bonds is 49. The number of H-pyrrole nitrogens is 3. The summed E-state index contributed by atoms with van der Waals surface area (Å²) < 4.78 is 0. The van der Waals surface area contributed by atoms with Crippen molar-refractivity contribution in [3.05, 3.63) is 180 Å². The van der Waals surface area contributed by atoms with Crippen molar-refractivity contribution in [2.45, 2.75) is 170 Å². The molecule has 0 spiro atoms. The van der Waals surface area contributed by atoms with E-state index in [9.17, 15) is 24.3 Å². The maximum Gasteiger partial charge on any atom is 0.326 e. The normalized spacial score (nSPS) is 13.8. The van der Waals surface area contributed by atoms with Crippen molar-refractivity contribution in [3.8, 4) is 0 Å². The first kappa shape index (κ1) is 88.7. The topological polar surface area (TPSA) is 610 Å². The minimum atomic E-state index is -1.54. The Hall–Kier alpha value is -12.9.